The normalized spacial score (nSPS) is 11.2. The van der Waals surface area contributed by atoms with Crippen molar-refractivity contribution in [2.45, 2.75) is 0 Å². The van der Waals surface area contributed by atoms with Crippen LogP contribution in [0.1, 0.15) is 15.4 Å². The van der Waals surface area contributed by atoms with Crippen LogP contribution in [0.2, 0.25) is 0 Å². The molecule has 2 heterocycles. The number of carbonyl (C=O) groups excluding carboxylic acids is 1. The van der Waals surface area contributed by atoms with Gasteiger partial charge in [-0.25, -0.2) is 5.43 Å². The Morgan fingerprint density at radius 2 is 2.30 bits per heavy atom. The van der Waals surface area contributed by atoms with Crippen LogP contribution in [-0.2, 0) is 0 Å². The number of hydrazone groups is 1. The fourth-order valence-electron chi connectivity index (χ4n) is 1.27. The van der Waals surface area contributed by atoms with Gasteiger partial charge in [0, 0.05) is 6.21 Å². The highest BCUT2D eigenvalue weighted by molar-refractivity contribution is 7.12. The van der Waals surface area contributed by atoms with Gasteiger partial charge in [0.2, 0.25) is 0 Å². The van der Waals surface area contributed by atoms with Gasteiger partial charge < -0.3 is 4.42 Å². The molecule has 0 atom stereocenters. The average Bonchev–Trinajstić information content (AvgIpc) is 3.09. The zero-order chi connectivity index (χ0) is 14.4. The summed E-state index contributed by atoms with van der Waals surface area (Å²) in [5.74, 6) is -0.293. The molecule has 2 aromatic heterocycles. The van der Waals surface area contributed by atoms with E-state index in [1.54, 1.807) is 17.5 Å². The van der Waals surface area contributed by atoms with E-state index in [1.165, 1.54) is 41.8 Å². The van der Waals surface area contributed by atoms with Crippen LogP contribution in [0.15, 0.2) is 45.2 Å². The molecule has 0 bridgehead atoms. The van der Waals surface area contributed by atoms with E-state index in [0.717, 1.165) is 0 Å². The van der Waals surface area contributed by atoms with Crippen molar-refractivity contribution in [3.63, 3.8) is 0 Å². The van der Waals surface area contributed by atoms with Gasteiger partial charge in [0.05, 0.1) is 10.9 Å². The Labute approximate surface area is 117 Å². The van der Waals surface area contributed by atoms with Crippen molar-refractivity contribution in [2.24, 2.45) is 5.10 Å². The second-order valence-corrected chi connectivity index (χ2v) is 4.44. The molecule has 1 N–H and O–H groups in total. The largest absolute Gasteiger partial charge is 0.433 e. The van der Waals surface area contributed by atoms with Crippen molar-refractivity contribution < 1.29 is 14.1 Å². The Kier molecular flexibility index (Phi) is 4.40. The zero-order valence-corrected chi connectivity index (χ0v) is 10.9. The van der Waals surface area contributed by atoms with Crippen molar-refractivity contribution in [3.05, 3.63) is 56.5 Å². The average molecular weight is 291 g/mol. The standard InChI is InChI=1S/C12H9N3O4S/c16-12(10-4-2-8-20-10)14-13-7-1-3-9-5-6-11(19-9)15(17)18/h1-8H,(H,14,16). The van der Waals surface area contributed by atoms with E-state index in [0.29, 0.717) is 10.6 Å². The molecule has 0 saturated carbocycles. The molecule has 0 aliphatic carbocycles. The minimum Gasteiger partial charge on any atom is -0.401 e. The maximum atomic E-state index is 11.5. The highest BCUT2D eigenvalue weighted by Crippen LogP contribution is 2.16. The summed E-state index contributed by atoms with van der Waals surface area (Å²) in [5.41, 5.74) is 2.35. The predicted octanol–water partition coefficient (Wildman–Crippen LogP) is 2.68. The molecule has 1 amide bonds. The summed E-state index contributed by atoms with van der Waals surface area (Å²) in [6.07, 6.45) is 4.34. The Morgan fingerprint density at radius 3 is 2.95 bits per heavy atom. The number of nitrogens with zero attached hydrogens (tertiary/aromatic N) is 2. The zero-order valence-electron chi connectivity index (χ0n) is 10.1. The molecule has 0 radical (unpaired) electrons. The Morgan fingerprint density at radius 1 is 1.45 bits per heavy atom. The van der Waals surface area contributed by atoms with E-state index in [4.69, 9.17) is 4.42 Å². The molecule has 102 valence electrons. The lowest BCUT2D eigenvalue weighted by Gasteiger charge is -1.93. The van der Waals surface area contributed by atoms with Crippen LogP contribution in [0, 0.1) is 10.1 Å². The summed E-state index contributed by atoms with van der Waals surface area (Å²) in [4.78, 5) is 21.8. The Bertz CT molecular complexity index is 658. The molecule has 8 heteroatoms. The number of nitrogens with one attached hydrogen (secondary N) is 1. The highest BCUT2D eigenvalue weighted by atomic mass is 32.1. The summed E-state index contributed by atoms with van der Waals surface area (Å²) in [6, 6.07) is 6.18. The first-order valence-corrected chi connectivity index (χ1v) is 6.32. The third-order valence-electron chi connectivity index (χ3n) is 2.12. The van der Waals surface area contributed by atoms with Crippen molar-refractivity contribution in [1.29, 1.82) is 0 Å². The number of hydrogen-bond donors (Lipinski definition) is 1. The monoisotopic (exact) mass is 291 g/mol. The highest BCUT2D eigenvalue weighted by Gasteiger charge is 2.09. The van der Waals surface area contributed by atoms with Crippen molar-refractivity contribution in [1.82, 2.24) is 5.43 Å². The number of amides is 1. The van der Waals surface area contributed by atoms with E-state index in [1.807, 2.05) is 0 Å². The van der Waals surface area contributed by atoms with Crippen LogP contribution in [-0.4, -0.2) is 17.0 Å². The number of hydrogen-bond acceptors (Lipinski definition) is 6. The SMILES string of the molecule is O=C(NN=CC=Cc1ccc([N+](=O)[O-])o1)c1cccs1. The van der Waals surface area contributed by atoms with Gasteiger partial charge >= 0.3 is 5.88 Å². The van der Waals surface area contributed by atoms with Crippen molar-refractivity contribution >= 4 is 35.4 Å². The predicted molar refractivity (Wildman–Crippen MR) is 74.7 cm³/mol. The lowest BCUT2D eigenvalue weighted by Crippen LogP contribution is -2.15. The number of carbonyl (C=O) groups is 1. The fourth-order valence-corrected chi connectivity index (χ4v) is 1.88. The molecular weight excluding hydrogens is 282 g/mol. The number of rotatable bonds is 5. The molecule has 0 fully saturated rings. The molecule has 0 aliphatic heterocycles. The van der Waals surface area contributed by atoms with Gasteiger partial charge in [0.1, 0.15) is 10.7 Å². The number of furan rings is 1. The van der Waals surface area contributed by atoms with E-state index in [-0.39, 0.29) is 11.8 Å². The Hall–Kier alpha value is -2.74. The van der Waals surface area contributed by atoms with Gasteiger partial charge in [-0.05, 0) is 29.7 Å². The van der Waals surface area contributed by atoms with Crippen LogP contribution in [0.25, 0.3) is 6.08 Å². The molecule has 7 nitrogen and oxygen atoms in total. The third-order valence-corrected chi connectivity index (χ3v) is 2.99. The fraction of sp³-hybridized carbons (Fsp3) is 0. The van der Waals surface area contributed by atoms with E-state index >= 15 is 0 Å². The van der Waals surface area contributed by atoms with Gasteiger partial charge in [-0.2, -0.15) is 5.10 Å². The van der Waals surface area contributed by atoms with Crippen molar-refractivity contribution in [2.75, 3.05) is 0 Å². The first-order valence-electron chi connectivity index (χ1n) is 5.44. The topological polar surface area (TPSA) is 97.7 Å². The first kappa shape index (κ1) is 13.7. The molecule has 2 rings (SSSR count). The molecular formula is C12H9N3O4S. The quantitative estimate of drug-likeness (QED) is 0.520. The smallest absolute Gasteiger partial charge is 0.401 e. The summed E-state index contributed by atoms with van der Waals surface area (Å²) >= 11 is 1.31. The van der Waals surface area contributed by atoms with E-state index < -0.39 is 4.92 Å². The maximum absolute atomic E-state index is 11.5. The first-order chi connectivity index (χ1) is 9.66. The van der Waals surface area contributed by atoms with Crippen LogP contribution in [0.3, 0.4) is 0 Å². The minimum absolute atomic E-state index is 0.293. The summed E-state index contributed by atoms with van der Waals surface area (Å²) in [5, 5.41) is 15.9. The van der Waals surface area contributed by atoms with Gasteiger partial charge in [0.25, 0.3) is 5.91 Å². The van der Waals surface area contributed by atoms with E-state index in [2.05, 4.69) is 10.5 Å². The molecule has 0 unspecified atom stereocenters. The van der Waals surface area contributed by atoms with Crippen LogP contribution in [0.5, 0.6) is 0 Å². The molecule has 20 heavy (non-hydrogen) atoms. The van der Waals surface area contributed by atoms with Gasteiger partial charge in [-0.15, -0.1) is 11.3 Å². The third kappa shape index (κ3) is 3.62. The van der Waals surface area contributed by atoms with Gasteiger partial charge in [-0.3, -0.25) is 14.9 Å². The van der Waals surface area contributed by atoms with Crippen LogP contribution < -0.4 is 5.43 Å². The maximum Gasteiger partial charge on any atom is 0.433 e. The van der Waals surface area contributed by atoms with E-state index in [9.17, 15) is 14.9 Å². The molecule has 0 spiro atoms. The number of nitro groups is 1. The minimum atomic E-state index is -0.618. The molecule has 0 aromatic carbocycles. The number of allylic oxidation sites excluding steroid dienone is 1. The molecule has 0 aliphatic rings. The summed E-state index contributed by atoms with van der Waals surface area (Å²) in [7, 11) is 0. The second kappa shape index (κ2) is 6.43. The summed E-state index contributed by atoms with van der Waals surface area (Å²) < 4.78 is 4.90. The second-order valence-electron chi connectivity index (χ2n) is 3.49. The summed E-state index contributed by atoms with van der Waals surface area (Å²) in [6.45, 7) is 0. The van der Waals surface area contributed by atoms with Crippen LogP contribution in [0.4, 0.5) is 5.88 Å². The number of thiophene rings is 1. The van der Waals surface area contributed by atoms with Crippen molar-refractivity contribution in [3.8, 4) is 0 Å². The van der Waals surface area contributed by atoms with Crippen LogP contribution >= 0.6 is 11.3 Å². The van der Waals surface area contributed by atoms with Gasteiger partial charge in [0.15, 0.2) is 0 Å². The lowest BCUT2D eigenvalue weighted by atomic mass is 10.4. The lowest BCUT2D eigenvalue weighted by molar-refractivity contribution is -0.402. The molecule has 0 saturated heterocycles. The Balaban J connectivity index is 1.85. The van der Waals surface area contributed by atoms with Gasteiger partial charge in [-0.1, -0.05) is 6.07 Å². The molecule has 2 aromatic rings.